The smallest absolute Gasteiger partial charge is 0.218 e. The molecule has 0 saturated carbocycles. The number of halogens is 1. The van der Waals surface area contributed by atoms with Crippen molar-refractivity contribution in [2.45, 2.75) is 20.3 Å². The molecule has 0 aliphatic heterocycles. The number of aromatic nitrogens is 2. The SMILES string of the molecule is C/C=C\C(=C/CC)c1cc(-c2ccc3ccccc3c2)nc(Cl)n1. The van der Waals surface area contributed by atoms with Gasteiger partial charge in [0.15, 0.2) is 0 Å². The molecule has 3 aromatic rings. The minimum absolute atomic E-state index is 0.266. The topological polar surface area (TPSA) is 25.8 Å². The summed E-state index contributed by atoms with van der Waals surface area (Å²) in [5.74, 6) is 0. The molecule has 3 rings (SSSR count). The molecule has 2 aromatic carbocycles. The molecule has 0 aliphatic rings. The molecular weight excluding hydrogens is 316 g/mol. The molecule has 0 bridgehead atoms. The quantitative estimate of drug-likeness (QED) is 0.412. The molecule has 0 amide bonds. The van der Waals surface area contributed by atoms with Crippen LogP contribution in [-0.2, 0) is 0 Å². The Balaban J connectivity index is 2.11. The van der Waals surface area contributed by atoms with Gasteiger partial charge in [-0.25, -0.2) is 9.97 Å². The molecule has 1 aromatic heterocycles. The molecule has 24 heavy (non-hydrogen) atoms. The largest absolute Gasteiger partial charge is 0.223 e. The van der Waals surface area contributed by atoms with Crippen LogP contribution in [0.15, 0.2) is 66.8 Å². The van der Waals surface area contributed by atoms with Gasteiger partial charge in [-0.05, 0) is 53.4 Å². The van der Waals surface area contributed by atoms with E-state index in [0.29, 0.717) is 0 Å². The van der Waals surface area contributed by atoms with Crippen molar-refractivity contribution in [2.24, 2.45) is 0 Å². The van der Waals surface area contributed by atoms with Gasteiger partial charge in [0, 0.05) is 5.56 Å². The number of hydrogen-bond acceptors (Lipinski definition) is 2. The number of hydrogen-bond donors (Lipinski definition) is 0. The summed E-state index contributed by atoms with van der Waals surface area (Å²) in [6.07, 6.45) is 7.13. The van der Waals surface area contributed by atoms with Gasteiger partial charge < -0.3 is 0 Å². The summed E-state index contributed by atoms with van der Waals surface area (Å²) < 4.78 is 0. The average Bonchev–Trinajstić information content (AvgIpc) is 2.60. The van der Waals surface area contributed by atoms with Gasteiger partial charge in [0.1, 0.15) is 0 Å². The van der Waals surface area contributed by atoms with E-state index in [4.69, 9.17) is 11.6 Å². The van der Waals surface area contributed by atoms with E-state index >= 15 is 0 Å². The highest BCUT2D eigenvalue weighted by molar-refractivity contribution is 6.28. The maximum Gasteiger partial charge on any atom is 0.223 e. The van der Waals surface area contributed by atoms with Crippen molar-refractivity contribution in [3.63, 3.8) is 0 Å². The van der Waals surface area contributed by atoms with Gasteiger partial charge >= 0.3 is 0 Å². The molecular formula is C21H19ClN2. The number of benzene rings is 2. The highest BCUT2D eigenvalue weighted by Gasteiger charge is 2.08. The highest BCUT2D eigenvalue weighted by atomic mass is 35.5. The van der Waals surface area contributed by atoms with E-state index in [1.54, 1.807) is 0 Å². The molecule has 120 valence electrons. The fourth-order valence-electron chi connectivity index (χ4n) is 2.72. The molecule has 0 aliphatic carbocycles. The van der Waals surface area contributed by atoms with E-state index < -0.39 is 0 Å². The van der Waals surface area contributed by atoms with Crippen LogP contribution in [0.5, 0.6) is 0 Å². The lowest BCUT2D eigenvalue weighted by molar-refractivity contribution is 1.14. The van der Waals surface area contributed by atoms with Gasteiger partial charge in [0.05, 0.1) is 11.4 Å². The Morgan fingerprint density at radius 2 is 1.83 bits per heavy atom. The summed E-state index contributed by atoms with van der Waals surface area (Å²) in [5.41, 5.74) is 3.78. The first-order valence-corrected chi connectivity index (χ1v) is 8.46. The summed E-state index contributed by atoms with van der Waals surface area (Å²) in [6, 6.07) is 16.6. The van der Waals surface area contributed by atoms with E-state index in [1.807, 2.05) is 37.3 Å². The van der Waals surface area contributed by atoms with Gasteiger partial charge in [-0.3, -0.25) is 0 Å². The van der Waals surface area contributed by atoms with E-state index in [9.17, 15) is 0 Å². The zero-order valence-corrected chi connectivity index (χ0v) is 14.6. The number of allylic oxidation sites excluding steroid dienone is 4. The fourth-order valence-corrected chi connectivity index (χ4v) is 2.90. The molecule has 0 saturated heterocycles. The lowest BCUT2D eigenvalue weighted by Gasteiger charge is -2.08. The Morgan fingerprint density at radius 1 is 1.04 bits per heavy atom. The van der Waals surface area contributed by atoms with Crippen LogP contribution in [0.4, 0.5) is 0 Å². The standard InChI is InChI=1S/C21H19ClN2/c1-3-7-16(8-4-2)19-14-20(24-21(22)23-19)18-12-11-15-9-5-6-10-17(15)13-18/h3,5-14H,4H2,1-2H3/b7-3-,16-8+. The van der Waals surface area contributed by atoms with Crippen molar-refractivity contribution in [3.05, 3.63) is 77.7 Å². The van der Waals surface area contributed by atoms with Crippen LogP contribution in [0, 0.1) is 0 Å². The van der Waals surface area contributed by atoms with Gasteiger partial charge in [0.25, 0.3) is 0 Å². The Morgan fingerprint density at radius 3 is 2.58 bits per heavy atom. The molecule has 0 N–H and O–H groups in total. The second-order valence-electron chi connectivity index (χ2n) is 5.54. The van der Waals surface area contributed by atoms with Gasteiger partial charge in [-0.15, -0.1) is 0 Å². The normalized spacial score (nSPS) is 12.2. The number of rotatable bonds is 4. The molecule has 0 spiro atoms. The van der Waals surface area contributed by atoms with Crippen molar-refractivity contribution < 1.29 is 0 Å². The van der Waals surface area contributed by atoms with Crippen LogP contribution in [0.1, 0.15) is 26.0 Å². The maximum atomic E-state index is 6.19. The third-order valence-corrected chi connectivity index (χ3v) is 3.98. The van der Waals surface area contributed by atoms with Crippen molar-refractivity contribution in [3.8, 4) is 11.3 Å². The van der Waals surface area contributed by atoms with Gasteiger partial charge in [0.2, 0.25) is 5.28 Å². The number of nitrogens with zero attached hydrogens (tertiary/aromatic N) is 2. The van der Waals surface area contributed by atoms with E-state index in [-0.39, 0.29) is 5.28 Å². The fraction of sp³-hybridized carbons (Fsp3) is 0.143. The van der Waals surface area contributed by atoms with Crippen LogP contribution in [-0.4, -0.2) is 9.97 Å². The molecule has 2 nitrogen and oxygen atoms in total. The average molecular weight is 335 g/mol. The predicted molar refractivity (Wildman–Crippen MR) is 103 cm³/mol. The Kier molecular flexibility index (Phi) is 5.07. The molecule has 1 heterocycles. The molecule has 0 fully saturated rings. The van der Waals surface area contributed by atoms with E-state index in [0.717, 1.165) is 28.9 Å². The third kappa shape index (κ3) is 3.55. The maximum absolute atomic E-state index is 6.19. The Labute approximate surface area is 147 Å². The highest BCUT2D eigenvalue weighted by Crippen LogP contribution is 2.26. The van der Waals surface area contributed by atoms with Gasteiger partial charge in [-0.1, -0.05) is 61.5 Å². The van der Waals surface area contributed by atoms with Crippen LogP contribution >= 0.6 is 11.6 Å². The predicted octanol–water partition coefficient (Wildman–Crippen LogP) is 6.32. The third-order valence-electron chi connectivity index (χ3n) is 3.81. The van der Waals surface area contributed by atoms with Crippen molar-refractivity contribution in [1.82, 2.24) is 9.97 Å². The zero-order valence-electron chi connectivity index (χ0n) is 13.8. The second-order valence-corrected chi connectivity index (χ2v) is 5.88. The monoisotopic (exact) mass is 334 g/mol. The first kappa shape index (κ1) is 16.4. The molecule has 3 heteroatoms. The van der Waals surface area contributed by atoms with E-state index in [2.05, 4.69) is 53.3 Å². The minimum Gasteiger partial charge on any atom is -0.218 e. The summed E-state index contributed by atoms with van der Waals surface area (Å²) in [6.45, 7) is 4.10. The van der Waals surface area contributed by atoms with Crippen LogP contribution < -0.4 is 0 Å². The van der Waals surface area contributed by atoms with Crippen LogP contribution in [0.3, 0.4) is 0 Å². The lowest BCUT2D eigenvalue weighted by Crippen LogP contribution is -1.94. The second kappa shape index (κ2) is 7.41. The van der Waals surface area contributed by atoms with Crippen molar-refractivity contribution >= 4 is 27.9 Å². The summed E-state index contributed by atoms with van der Waals surface area (Å²) in [4.78, 5) is 8.81. The Bertz CT molecular complexity index is 926. The first-order valence-electron chi connectivity index (χ1n) is 8.08. The summed E-state index contributed by atoms with van der Waals surface area (Å²) in [7, 11) is 0. The molecule has 0 unspecified atom stereocenters. The van der Waals surface area contributed by atoms with Gasteiger partial charge in [-0.2, -0.15) is 0 Å². The van der Waals surface area contributed by atoms with Crippen LogP contribution in [0.2, 0.25) is 5.28 Å². The van der Waals surface area contributed by atoms with Crippen molar-refractivity contribution in [1.29, 1.82) is 0 Å². The van der Waals surface area contributed by atoms with E-state index in [1.165, 1.54) is 10.8 Å². The van der Waals surface area contributed by atoms with Crippen LogP contribution in [0.25, 0.3) is 27.6 Å². The summed E-state index contributed by atoms with van der Waals surface area (Å²) >= 11 is 6.19. The minimum atomic E-state index is 0.266. The Hall–Kier alpha value is -2.45. The van der Waals surface area contributed by atoms with Crippen molar-refractivity contribution in [2.75, 3.05) is 0 Å². The summed E-state index contributed by atoms with van der Waals surface area (Å²) in [5, 5.41) is 2.66. The molecule has 0 radical (unpaired) electrons. The first-order chi connectivity index (χ1) is 11.7. The lowest BCUT2D eigenvalue weighted by atomic mass is 10.0. The molecule has 0 atom stereocenters. The zero-order chi connectivity index (χ0) is 16.9. The number of fused-ring (bicyclic) bond motifs is 1.